The van der Waals surface area contributed by atoms with Crippen molar-refractivity contribution in [2.24, 2.45) is 0 Å². The van der Waals surface area contributed by atoms with E-state index in [0.29, 0.717) is 16.7 Å². The summed E-state index contributed by atoms with van der Waals surface area (Å²) >= 11 is 0. The average molecular weight is 521 g/mol. The summed E-state index contributed by atoms with van der Waals surface area (Å²) in [5.74, 6) is -0.229. The fourth-order valence-corrected chi connectivity index (χ4v) is 5.71. The zero-order valence-electron chi connectivity index (χ0n) is 19.6. The highest BCUT2D eigenvalue weighted by Crippen LogP contribution is 2.59. The molecule has 5 atom stereocenters. The Labute approximate surface area is 205 Å². The lowest BCUT2D eigenvalue weighted by atomic mass is 9.96. The van der Waals surface area contributed by atoms with Crippen LogP contribution in [0.25, 0.3) is 16.9 Å². The number of phosphoric acid groups is 1. The van der Waals surface area contributed by atoms with Gasteiger partial charge in [-0.05, 0) is 39.0 Å². The maximum absolute atomic E-state index is 13.7. The Morgan fingerprint density at radius 3 is 2.81 bits per heavy atom. The van der Waals surface area contributed by atoms with Gasteiger partial charge in [0.15, 0.2) is 17.7 Å². The van der Waals surface area contributed by atoms with Crippen LogP contribution < -0.4 is 5.73 Å². The zero-order valence-corrected chi connectivity index (χ0v) is 20.5. The molecule has 0 aliphatic carbocycles. The fraction of sp³-hybridized carbons (Fsp3) is 0.409. The van der Waals surface area contributed by atoms with Gasteiger partial charge in [0.05, 0.1) is 18.5 Å². The molecule has 2 aromatic heterocycles. The molecule has 12 nitrogen and oxygen atoms in total. The molecule has 1 unspecified atom stereocenters. The van der Waals surface area contributed by atoms with Gasteiger partial charge in [0.2, 0.25) is 0 Å². The van der Waals surface area contributed by atoms with Gasteiger partial charge in [0.1, 0.15) is 41.2 Å². The molecular formula is C22H25FN5O7P. The molecule has 4 heterocycles. The van der Waals surface area contributed by atoms with Crippen LogP contribution in [0.15, 0.2) is 43.0 Å². The number of hydrogen-bond donors (Lipinski definition) is 3. The Morgan fingerprint density at radius 1 is 1.28 bits per heavy atom. The Morgan fingerprint density at radius 2 is 2.06 bits per heavy atom. The van der Waals surface area contributed by atoms with Gasteiger partial charge in [0.25, 0.3) is 0 Å². The number of fused-ring (bicyclic) bond motifs is 1. The Kier molecular flexibility index (Phi) is 5.90. The molecule has 0 saturated carbocycles. The van der Waals surface area contributed by atoms with Crippen molar-refractivity contribution in [3.63, 3.8) is 0 Å². The number of nitrogens with zero attached hydrogens (tertiary/aromatic N) is 4. The predicted octanol–water partition coefficient (Wildman–Crippen LogP) is 2.55. The second-order valence-electron chi connectivity index (χ2n) is 9.33. The summed E-state index contributed by atoms with van der Waals surface area (Å²) in [7, 11) is -4.24. The van der Waals surface area contributed by atoms with Gasteiger partial charge in [-0.15, -0.1) is 0 Å². The summed E-state index contributed by atoms with van der Waals surface area (Å²) in [5.41, 5.74) is 3.90. The number of rotatable bonds is 5. The van der Waals surface area contributed by atoms with Gasteiger partial charge < -0.3 is 25.2 Å². The quantitative estimate of drug-likeness (QED) is 0.423. The van der Waals surface area contributed by atoms with Crippen molar-refractivity contribution in [1.82, 2.24) is 19.5 Å². The first kappa shape index (κ1) is 24.8. The second-order valence-corrected chi connectivity index (χ2v) is 10.8. The number of aliphatic hydroxyl groups excluding tert-OH is 1. The van der Waals surface area contributed by atoms with Crippen molar-refractivity contribution < 1.29 is 37.5 Å². The Bertz CT molecular complexity index is 1390. The third-order valence-corrected chi connectivity index (χ3v) is 7.52. The van der Waals surface area contributed by atoms with Crippen molar-refractivity contribution in [2.75, 3.05) is 12.3 Å². The maximum atomic E-state index is 13.7. The number of hydrogen-bond acceptors (Lipinski definition) is 11. The molecule has 1 saturated heterocycles. The molecule has 0 spiro atoms. The number of halogens is 1. The lowest BCUT2D eigenvalue weighted by molar-refractivity contribution is -0.0951. The van der Waals surface area contributed by atoms with E-state index in [0.717, 1.165) is 0 Å². The molecule has 1 aromatic carbocycles. The molecule has 3 aromatic rings. The fourth-order valence-electron chi connectivity index (χ4n) is 4.21. The molecule has 1 fully saturated rings. The number of benzene rings is 1. The molecular weight excluding hydrogens is 496 g/mol. The van der Waals surface area contributed by atoms with Crippen molar-refractivity contribution in [2.45, 2.75) is 50.4 Å². The predicted molar refractivity (Wildman–Crippen MR) is 124 cm³/mol. The van der Waals surface area contributed by atoms with Gasteiger partial charge in [-0.25, -0.2) is 23.9 Å². The van der Waals surface area contributed by atoms with Gasteiger partial charge >= 0.3 is 7.82 Å². The maximum Gasteiger partial charge on any atom is 0.531 e. The first-order chi connectivity index (χ1) is 16.9. The van der Waals surface area contributed by atoms with Crippen LogP contribution in [0.4, 0.5) is 10.2 Å². The van der Waals surface area contributed by atoms with Crippen LogP contribution in [0.5, 0.6) is 0 Å². The molecule has 2 aliphatic rings. The molecule has 0 amide bonds. The third kappa shape index (κ3) is 4.38. The largest absolute Gasteiger partial charge is 0.531 e. The van der Waals surface area contributed by atoms with E-state index in [2.05, 4.69) is 15.0 Å². The topological polar surface area (TPSA) is 164 Å². The molecule has 2 aliphatic heterocycles. The number of nitrogen functional groups attached to an aromatic ring is 1. The lowest BCUT2D eigenvalue weighted by Crippen LogP contribution is -2.44. The van der Waals surface area contributed by atoms with Crippen molar-refractivity contribution in [3.05, 3.63) is 54.4 Å². The zero-order chi connectivity index (χ0) is 25.9. The van der Waals surface area contributed by atoms with Crippen LogP contribution >= 0.6 is 7.82 Å². The minimum absolute atomic E-state index is 0.119. The standard InChI is InChI=1S/C22H25FN5O7P/c1-21(2)8-14(12-5-4-6-13(23)7-12)34-36(31,35-21)32-9-15-17(29)22(3,30)20(33-15)28-11-27-16-18(24)25-10-26-19(16)28/h4-8,10-11,15,17,20,29-30H,9H2,1-3H3,(H2,24,25,26)/t15-,17-,20-,22-,36?/m1/s1. The Hall–Kier alpha value is -2.93. The van der Waals surface area contributed by atoms with Crippen LogP contribution in [-0.4, -0.2) is 59.7 Å². The highest BCUT2D eigenvalue weighted by molar-refractivity contribution is 7.49. The summed E-state index contributed by atoms with van der Waals surface area (Å²) in [6, 6.07) is 5.59. The minimum Gasteiger partial charge on any atom is -0.404 e. The van der Waals surface area contributed by atoms with Crippen LogP contribution in [0, 0.1) is 5.82 Å². The van der Waals surface area contributed by atoms with E-state index in [1.54, 1.807) is 26.0 Å². The van der Waals surface area contributed by atoms with E-state index >= 15 is 0 Å². The van der Waals surface area contributed by atoms with Crippen LogP contribution in [0.3, 0.4) is 0 Å². The summed E-state index contributed by atoms with van der Waals surface area (Å²) in [6.07, 6.45) is 0.437. The van der Waals surface area contributed by atoms with Gasteiger partial charge in [-0.2, -0.15) is 0 Å². The van der Waals surface area contributed by atoms with Crippen LogP contribution in [-0.2, 0) is 22.9 Å². The average Bonchev–Trinajstić information content (AvgIpc) is 3.31. The summed E-state index contributed by atoms with van der Waals surface area (Å²) in [6.45, 7) is 4.21. The van der Waals surface area contributed by atoms with Crippen LogP contribution in [0.1, 0.15) is 32.6 Å². The van der Waals surface area contributed by atoms with Crippen molar-refractivity contribution >= 4 is 30.6 Å². The number of aromatic nitrogens is 4. The summed E-state index contributed by atoms with van der Waals surface area (Å²) in [4.78, 5) is 12.2. The van der Waals surface area contributed by atoms with Gasteiger partial charge in [0, 0.05) is 5.56 Å². The molecule has 14 heteroatoms. The highest BCUT2D eigenvalue weighted by Gasteiger charge is 2.54. The highest BCUT2D eigenvalue weighted by atomic mass is 31.2. The van der Waals surface area contributed by atoms with E-state index < -0.39 is 49.9 Å². The van der Waals surface area contributed by atoms with E-state index in [4.69, 9.17) is 24.0 Å². The molecule has 5 rings (SSSR count). The number of phosphoric ester groups is 1. The molecule has 36 heavy (non-hydrogen) atoms. The van der Waals surface area contributed by atoms with Crippen molar-refractivity contribution in [1.29, 1.82) is 0 Å². The number of nitrogens with two attached hydrogens (primary N) is 1. The monoisotopic (exact) mass is 521 g/mol. The van der Waals surface area contributed by atoms with E-state index in [1.807, 2.05) is 0 Å². The molecule has 192 valence electrons. The van der Waals surface area contributed by atoms with Gasteiger partial charge in [-0.3, -0.25) is 13.6 Å². The second kappa shape index (κ2) is 8.58. The first-order valence-corrected chi connectivity index (χ1v) is 12.5. The minimum atomic E-state index is -4.24. The smallest absolute Gasteiger partial charge is 0.404 e. The Balaban J connectivity index is 1.36. The molecule has 0 radical (unpaired) electrons. The third-order valence-electron chi connectivity index (χ3n) is 5.94. The summed E-state index contributed by atoms with van der Waals surface area (Å²) < 4.78 is 51.1. The van der Waals surface area contributed by atoms with E-state index in [9.17, 15) is 19.2 Å². The number of anilines is 1. The first-order valence-electron chi connectivity index (χ1n) is 11.0. The number of aliphatic hydroxyl groups is 2. The van der Waals surface area contributed by atoms with Gasteiger partial charge in [-0.1, -0.05) is 12.1 Å². The normalized spacial score (nSPS) is 31.8. The van der Waals surface area contributed by atoms with E-state index in [1.165, 1.54) is 42.3 Å². The number of imidazole rings is 1. The lowest BCUT2D eigenvalue weighted by Gasteiger charge is -2.33. The van der Waals surface area contributed by atoms with Crippen LogP contribution in [0.2, 0.25) is 0 Å². The SMILES string of the molecule is CC1(C)C=C(c2cccc(F)c2)OP(=O)(OC[C@H]2O[C@@H](n3cnc4c(N)ncnc43)[C@](C)(O)[C@@H]2O)O1. The summed E-state index contributed by atoms with van der Waals surface area (Å²) in [5, 5.41) is 21.9. The van der Waals surface area contributed by atoms with Crippen molar-refractivity contribution in [3.8, 4) is 0 Å². The molecule has 0 bridgehead atoms. The molecule has 4 N–H and O–H groups in total. The van der Waals surface area contributed by atoms with E-state index in [-0.39, 0.29) is 11.6 Å². The number of ether oxygens (including phenoxy) is 1.